The molecule has 1 aromatic carbocycles. The topological polar surface area (TPSA) is 100 Å². The Kier molecular flexibility index (Phi) is 4.95. The molecule has 2 atom stereocenters. The minimum absolute atomic E-state index is 0.0709. The summed E-state index contributed by atoms with van der Waals surface area (Å²) in [5, 5.41) is 11.4. The van der Waals surface area contributed by atoms with Crippen LogP contribution in [0.2, 0.25) is 0 Å². The summed E-state index contributed by atoms with van der Waals surface area (Å²) >= 11 is 0. The van der Waals surface area contributed by atoms with Crippen molar-refractivity contribution in [3.8, 4) is 0 Å². The van der Waals surface area contributed by atoms with Gasteiger partial charge in [-0.05, 0) is 43.9 Å². The quantitative estimate of drug-likeness (QED) is 0.801. The summed E-state index contributed by atoms with van der Waals surface area (Å²) in [6.45, 7) is 5.21. The van der Waals surface area contributed by atoms with E-state index < -0.39 is 0 Å². The third kappa shape index (κ3) is 3.47. The van der Waals surface area contributed by atoms with Gasteiger partial charge in [0.05, 0.1) is 5.69 Å². The van der Waals surface area contributed by atoms with Gasteiger partial charge in [-0.25, -0.2) is 4.68 Å². The molecule has 31 heavy (non-hydrogen) atoms. The molecule has 0 aliphatic carbocycles. The predicted octanol–water partition coefficient (Wildman–Crippen LogP) is 1.33. The second-order valence-corrected chi connectivity index (χ2v) is 8.49. The van der Waals surface area contributed by atoms with Gasteiger partial charge in [-0.2, -0.15) is 0 Å². The van der Waals surface area contributed by atoms with E-state index in [1.54, 1.807) is 16.8 Å². The van der Waals surface area contributed by atoms with Crippen molar-refractivity contribution < 1.29 is 14.4 Å². The number of amides is 3. The lowest BCUT2D eigenvalue weighted by atomic mass is 10.0. The first kappa shape index (κ1) is 19.7. The second kappa shape index (κ2) is 7.79. The average Bonchev–Trinajstić information content (AvgIpc) is 3.53. The summed E-state index contributed by atoms with van der Waals surface area (Å²) < 4.78 is 1.70. The number of likely N-dealkylation sites (N-methyl/N-ethyl adjacent to an activating group) is 1. The third-order valence-electron chi connectivity index (χ3n) is 6.67. The Hall–Kier alpha value is -3.23. The van der Waals surface area contributed by atoms with Crippen LogP contribution in [0.15, 0.2) is 24.4 Å². The zero-order chi connectivity index (χ0) is 21.5. The van der Waals surface area contributed by atoms with Gasteiger partial charge in [0.25, 0.3) is 11.8 Å². The number of carbonyl (C=O) groups excluding carboxylic acids is 3. The molecule has 0 bridgehead atoms. The Labute approximate surface area is 180 Å². The first-order valence-corrected chi connectivity index (χ1v) is 11.0. The first-order chi connectivity index (χ1) is 15.0. The van der Waals surface area contributed by atoms with E-state index in [4.69, 9.17) is 0 Å². The number of nitrogens with zero attached hydrogens (tertiary/aromatic N) is 5. The third-order valence-corrected chi connectivity index (χ3v) is 6.67. The minimum atomic E-state index is -0.286. The highest BCUT2D eigenvalue weighted by Crippen LogP contribution is 2.29. The van der Waals surface area contributed by atoms with Crippen LogP contribution in [0.3, 0.4) is 0 Å². The molecule has 1 N–H and O–H groups in total. The van der Waals surface area contributed by atoms with E-state index in [2.05, 4.69) is 15.6 Å². The number of carbonyl (C=O) groups is 3. The molecule has 9 nitrogen and oxygen atoms in total. The Morgan fingerprint density at radius 1 is 1.23 bits per heavy atom. The van der Waals surface area contributed by atoms with Crippen LogP contribution >= 0.6 is 0 Å². The maximum atomic E-state index is 13.0. The van der Waals surface area contributed by atoms with Crippen LogP contribution in [-0.2, 0) is 11.3 Å². The second-order valence-electron chi connectivity index (χ2n) is 8.49. The van der Waals surface area contributed by atoms with Gasteiger partial charge in [0.1, 0.15) is 6.04 Å². The summed E-state index contributed by atoms with van der Waals surface area (Å²) in [5.41, 5.74) is 2.87. The number of nitrogens with one attached hydrogen (secondary N) is 1. The molecular formula is C22H26N6O3. The van der Waals surface area contributed by atoms with Crippen LogP contribution in [-0.4, -0.2) is 68.7 Å². The van der Waals surface area contributed by atoms with E-state index in [0.717, 1.165) is 37.1 Å². The Morgan fingerprint density at radius 2 is 2.10 bits per heavy atom. The van der Waals surface area contributed by atoms with Gasteiger partial charge in [0, 0.05) is 56.0 Å². The lowest BCUT2D eigenvalue weighted by molar-refractivity contribution is -0.137. The lowest BCUT2D eigenvalue weighted by Crippen LogP contribution is -2.42. The molecule has 1 aromatic heterocycles. The molecule has 2 fully saturated rings. The summed E-state index contributed by atoms with van der Waals surface area (Å²) in [5.74, 6) is 0.00312. The zero-order valence-electron chi connectivity index (χ0n) is 17.6. The number of piperidine rings is 1. The number of rotatable bonds is 4. The normalized spacial score (nSPS) is 23.3. The van der Waals surface area contributed by atoms with Crippen molar-refractivity contribution >= 4 is 17.7 Å². The molecule has 3 amide bonds. The summed E-state index contributed by atoms with van der Waals surface area (Å²) in [6.07, 6.45) is 4.42. The molecular weight excluding hydrogens is 396 g/mol. The number of benzene rings is 1. The number of hydrogen-bond acceptors (Lipinski definition) is 5. The molecule has 2 unspecified atom stereocenters. The standard InChI is InChI=1S/C22H26N6O3/c1-2-26-8-3-4-19(22(26)31)28-13-18(24-25-28)16-7-9-27(12-16)21(30)14-5-6-15-11-23-20(29)17(15)10-14/h5-6,10,13,16,19H,2-4,7-9,11-12H2,1H3,(H,23,29). The molecule has 3 aliphatic rings. The highest BCUT2D eigenvalue weighted by atomic mass is 16.2. The summed E-state index contributed by atoms with van der Waals surface area (Å²) in [4.78, 5) is 41.2. The van der Waals surface area contributed by atoms with E-state index >= 15 is 0 Å². The smallest absolute Gasteiger partial charge is 0.253 e. The van der Waals surface area contributed by atoms with Crippen molar-refractivity contribution in [3.05, 3.63) is 46.8 Å². The first-order valence-electron chi connectivity index (χ1n) is 11.0. The van der Waals surface area contributed by atoms with E-state index in [9.17, 15) is 14.4 Å². The van der Waals surface area contributed by atoms with Crippen molar-refractivity contribution in [2.24, 2.45) is 0 Å². The molecule has 3 aliphatic heterocycles. The van der Waals surface area contributed by atoms with Crippen LogP contribution in [0.25, 0.3) is 0 Å². The predicted molar refractivity (Wildman–Crippen MR) is 111 cm³/mol. The Balaban J connectivity index is 1.27. The maximum absolute atomic E-state index is 13.0. The monoisotopic (exact) mass is 422 g/mol. The highest BCUT2D eigenvalue weighted by Gasteiger charge is 2.33. The van der Waals surface area contributed by atoms with Crippen LogP contribution in [0.5, 0.6) is 0 Å². The Bertz CT molecular complexity index is 1050. The molecule has 0 saturated carbocycles. The number of likely N-dealkylation sites (tertiary alicyclic amines) is 2. The molecule has 2 aromatic rings. The van der Waals surface area contributed by atoms with Gasteiger partial charge in [-0.3, -0.25) is 14.4 Å². The lowest BCUT2D eigenvalue weighted by Gasteiger charge is -2.31. The van der Waals surface area contributed by atoms with Gasteiger partial charge >= 0.3 is 0 Å². The molecule has 9 heteroatoms. The fourth-order valence-electron chi connectivity index (χ4n) is 4.82. The van der Waals surface area contributed by atoms with Crippen LogP contribution in [0.1, 0.15) is 70.1 Å². The number of hydrogen-bond donors (Lipinski definition) is 1. The molecule has 162 valence electrons. The maximum Gasteiger partial charge on any atom is 0.253 e. The zero-order valence-corrected chi connectivity index (χ0v) is 17.6. The average molecular weight is 422 g/mol. The molecule has 5 rings (SSSR count). The van der Waals surface area contributed by atoms with Crippen molar-refractivity contribution in [2.75, 3.05) is 26.2 Å². The van der Waals surface area contributed by atoms with E-state index in [1.807, 2.05) is 29.0 Å². The fraction of sp³-hybridized carbons (Fsp3) is 0.500. The SMILES string of the molecule is CCN1CCCC(n2cc(C3CCN(C(=O)c4ccc5c(c4)C(=O)NC5)C3)nn2)C1=O. The molecule has 2 saturated heterocycles. The van der Waals surface area contributed by atoms with E-state index in [-0.39, 0.29) is 29.7 Å². The van der Waals surface area contributed by atoms with Gasteiger partial charge < -0.3 is 15.1 Å². The van der Waals surface area contributed by atoms with E-state index in [1.165, 1.54) is 0 Å². The van der Waals surface area contributed by atoms with Crippen molar-refractivity contribution in [3.63, 3.8) is 0 Å². The highest BCUT2D eigenvalue weighted by molar-refractivity contribution is 6.02. The van der Waals surface area contributed by atoms with Crippen LogP contribution in [0, 0.1) is 0 Å². The van der Waals surface area contributed by atoms with Crippen LogP contribution < -0.4 is 5.32 Å². The number of aromatic nitrogens is 3. The van der Waals surface area contributed by atoms with E-state index in [0.29, 0.717) is 37.3 Å². The molecule has 0 spiro atoms. The largest absolute Gasteiger partial charge is 0.348 e. The van der Waals surface area contributed by atoms with Gasteiger partial charge in [-0.15, -0.1) is 5.10 Å². The van der Waals surface area contributed by atoms with Crippen molar-refractivity contribution in [1.82, 2.24) is 30.1 Å². The van der Waals surface area contributed by atoms with Crippen LogP contribution in [0.4, 0.5) is 0 Å². The van der Waals surface area contributed by atoms with Crippen molar-refractivity contribution in [1.29, 1.82) is 0 Å². The summed E-state index contributed by atoms with van der Waals surface area (Å²) in [6, 6.07) is 5.05. The van der Waals surface area contributed by atoms with Crippen molar-refractivity contribution in [2.45, 2.75) is 44.7 Å². The number of fused-ring (bicyclic) bond motifs is 1. The fourth-order valence-corrected chi connectivity index (χ4v) is 4.82. The van der Waals surface area contributed by atoms with Gasteiger partial charge in [0.15, 0.2) is 0 Å². The molecule has 0 radical (unpaired) electrons. The Morgan fingerprint density at radius 3 is 2.94 bits per heavy atom. The van der Waals surface area contributed by atoms with Gasteiger partial charge in [-0.1, -0.05) is 11.3 Å². The summed E-state index contributed by atoms with van der Waals surface area (Å²) in [7, 11) is 0. The van der Waals surface area contributed by atoms with Gasteiger partial charge in [0.2, 0.25) is 5.91 Å². The molecule has 4 heterocycles. The minimum Gasteiger partial charge on any atom is -0.348 e.